The van der Waals surface area contributed by atoms with Gasteiger partial charge < -0.3 is 20.1 Å². The van der Waals surface area contributed by atoms with Gasteiger partial charge >= 0.3 is 5.97 Å². The van der Waals surface area contributed by atoms with E-state index in [9.17, 15) is 20.1 Å². The van der Waals surface area contributed by atoms with Gasteiger partial charge in [0.15, 0.2) is 0 Å². The lowest BCUT2D eigenvalue weighted by Crippen LogP contribution is -2.67. The van der Waals surface area contributed by atoms with Gasteiger partial charge in [0.05, 0.1) is 17.8 Å². The van der Waals surface area contributed by atoms with Crippen molar-refractivity contribution in [3.8, 4) is 0 Å². The first kappa shape index (κ1) is 27.4. The molecule has 0 saturated heterocycles. The molecule has 5 nitrogen and oxygen atoms in total. The lowest BCUT2D eigenvalue weighted by molar-refractivity contribution is -0.254. The standard InChI is InChI=1S/C30H52O5/c1-18(8-9-19(2)27(4,5)35-20(3)31)22-10-11-25-28(22,6)15-13-26-29(7)14-12-21(32)16-23(29)24(33)17-30(25,26)34/h18-19,21-26,32-34H,8-17H2,1-7H3. The highest BCUT2D eigenvalue weighted by Crippen LogP contribution is 2.69. The van der Waals surface area contributed by atoms with E-state index in [4.69, 9.17) is 4.74 Å². The summed E-state index contributed by atoms with van der Waals surface area (Å²) >= 11 is 0. The second-order valence-corrected chi connectivity index (χ2v) is 14.3. The van der Waals surface area contributed by atoms with E-state index in [0.717, 1.165) is 51.4 Å². The molecular weight excluding hydrogens is 440 g/mol. The predicted molar refractivity (Wildman–Crippen MR) is 137 cm³/mol. The molecule has 202 valence electrons. The Morgan fingerprint density at radius 1 is 1.00 bits per heavy atom. The van der Waals surface area contributed by atoms with Crippen molar-refractivity contribution in [2.75, 3.05) is 0 Å². The Labute approximate surface area is 213 Å². The fraction of sp³-hybridized carbons (Fsp3) is 0.967. The third kappa shape index (κ3) is 4.50. The van der Waals surface area contributed by atoms with E-state index in [1.54, 1.807) is 0 Å². The van der Waals surface area contributed by atoms with Crippen molar-refractivity contribution < 1.29 is 24.9 Å². The second kappa shape index (κ2) is 9.27. The number of hydrogen-bond acceptors (Lipinski definition) is 5. The van der Waals surface area contributed by atoms with Crippen LogP contribution in [0.5, 0.6) is 0 Å². The number of carbonyl (C=O) groups is 1. The van der Waals surface area contributed by atoms with Crippen molar-refractivity contribution >= 4 is 5.97 Å². The van der Waals surface area contributed by atoms with Crippen LogP contribution in [0.15, 0.2) is 0 Å². The molecule has 11 unspecified atom stereocenters. The van der Waals surface area contributed by atoms with Crippen molar-refractivity contribution in [1.82, 2.24) is 0 Å². The van der Waals surface area contributed by atoms with Gasteiger partial charge in [-0.15, -0.1) is 0 Å². The van der Waals surface area contributed by atoms with Crippen LogP contribution in [0.1, 0.15) is 113 Å². The molecule has 11 atom stereocenters. The SMILES string of the molecule is CC(=O)OC(C)(C)C(C)CCC(C)C1CCC2C1(C)CCC1C3(C)CCC(O)CC3C(O)CC21O. The van der Waals surface area contributed by atoms with E-state index < -0.39 is 17.3 Å². The molecule has 0 radical (unpaired) electrons. The highest BCUT2D eigenvalue weighted by Gasteiger charge is 2.68. The van der Waals surface area contributed by atoms with E-state index >= 15 is 0 Å². The van der Waals surface area contributed by atoms with Gasteiger partial charge in [-0.2, -0.15) is 0 Å². The number of aliphatic hydroxyl groups is 3. The first-order chi connectivity index (χ1) is 16.1. The summed E-state index contributed by atoms with van der Waals surface area (Å²) in [6.45, 7) is 14.8. The smallest absolute Gasteiger partial charge is 0.303 e. The molecular formula is C30H52O5. The number of carbonyl (C=O) groups excluding carboxylic acids is 1. The Hall–Kier alpha value is -0.650. The summed E-state index contributed by atoms with van der Waals surface area (Å²) in [5, 5.41) is 34.0. The molecule has 4 aliphatic carbocycles. The molecule has 35 heavy (non-hydrogen) atoms. The average molecular weight is 493 g/mol. The molecule has 0 aromatic carbocycles. The largest absolute Gasteiger partial charge is 0.460 e. The summed E-state index contributed by atoms with van der Waals surface area (Å²) in [5.74, 6) is 1.72. The second-order valence-electron chi connectivity index (χ2n) is 14.3. The number of ether oxygens (including phenoxy) is 1. The summed E-state index contributed by atoms with van der Waals surface area (Å²) in [6.07, 6.45) is 8.48. The highest BCUT2D eigenvalue weighted by molar-refractivity contribution is 5.66. The summed E-state index contributed by atoms with van der Waals surface area (Å²) in [4.78, 5) is 11.5. The van der Waals surface area contributed by atoms with Crippen molar-refractivity contribution in [2.45, 2.75) is 136 Å². The van der Waals surface area contributed by atoms with Crippen LogP contribution in [0.25, 0.3) is 0 Å². The Morgan fingerprint density at radius 2 is 1.63 bits per heavy atom. The van der Waals surface area contributed by atoms with Crippen molar-refractivity contribution in [1.29, 1.82) is 0 Å². The molecule has 4 saturated carbocycles. The van der Waals surface area contributed by atoms with E-state index in [1.165, 1.54) is 6.92 Å². The van der Waals surface area contributed by atoms with Crippen molar-refractivity contribution in [2.24, 2.45) is 46.3 Å². The molecule has 4 rings (SSSR count). The van der Waals surface area contributed by atoms with Gasteiger partial charge in [0.25, 0.3) is 0 Å². The first-order valence-corrected chi connectivity index (χ1v) is 14.4. The zero-order valence-electron chi connectivity index (χ0n) is 23.3. The van der Waals surface area contributed by atoms with Crippen LogP contribution in [0.4, 0.5) is 0 Å². The monoisotopic (exact) mass is 492 g/mol. The minimum absolute atomic E-state index is 0.0889. The lowest BCUT2D eigenvalue weighted by atomic mass is 9.42. The molecule has 5 heteroatoms. The normalized spacial score (nSPS) is 47.3. The predicted octanol–water partition coefficient (Wildman–Crippen LogP) is 5.49. The maximum Gasteiger partial charge on any atom is 0.303 e. The number of fused-ring (bicyclic) bond motifs is 5. The third-order valence-corrected chi connectivity index (χ3v) is 12.1. The molecule has 3 N–H and O–H groups in total. The van der Waals surface area contributed by atoms with Crippen LogP contribution in [0.2, 0.25) is 0 Å². The maximum absolute atomic E-state index is 12.4. The van der Waals surface area contributed by atoms with Crippen LogP contribution < -0.4 is 0 Å². The summed E-state index contributed by atoms with van der Waals surface area (Å²) in [6, 6.07) is 0. The number of aliphatic hydroxyl groups excluding tert-OH is 2. The zero-order valence-corrected chi connectivity index (χ0v) is 23.3. The zero-order chi connectivity index (χ0) is 26.0. The first-order valence-electron chi connectivity index (χ1n) is 14.4. The van der Waals surface area contributed by atoms with Crippen LogP contribution in [-0.4, -0.2) is 44.7 Å². The molecule has 0 aliphatic heterocycles. The van der Waals surface area contributed by atoms with Crippen LogP contribution in [0, 0.1) is 46.3 Å². The van der Waals surface area contributed by atoms with Gasteiger partial charge in [-0.05, 0) is 112 Å². The number of hydrogen-bond donors (Lipinski definition) is 3. The molecule has 0 aromatic heterocycles. The molecule has 4 aliphatic rings. The Balaban J connectivity index is 1.49. The molecule has 0 spiro atoms. The molecule has 0 aromatic rings. The number of rotatable bonds is 6. The molecule has 0 bridgehead atoms. The van der Waals surface area contributed by atoms with Gasteiger partial charge in [0.1, 0.15) is 5.60 Å². The fourth-order valence-corrected chi connectivity index (χ4v) is 9.89. The summed E-state index contributed by atoms with van der Waals surface area (Å²) in [5.41, 5.74) is -1.26. The third-order valence-electron chi connectivity index (χ3n) is 12.1. The van der Waals surface area contributed by atoms with Gasteiger partial charge in [-0.25, -0.2) is 0 Å². The molecule has 0 heterocycles. The van der Waals surface area contributed by atoms with Gasteiger partial charge in [-0.3, -0.25) is 4.79 Å². The molecule has 4 fully saturated rings. The van der Waals surface area contributed by atoms with Crippen LogP contribution >= 0.6 is 0 Å². The topological polar surface area (TPSA) is 87.0 Å². The van der Waals surface area contributed by atoms with E-state index in [1.807, 2.05) is 13.8 Å². The minimum Gasteiger partial charge on any atom is -0.460 e. The average Bonchev–Trinajstić information content (AvgIpc) is 3.10. The Morgan fingerprint density at radius 3 is 2.29 bits per heavy atom. The summed E-state index contributed by atoms with van der Waals surface area (Å²) < 4.78 is 5.59. The summed E-state index contributed by atoms with van der Waals surface area (Å²) in [7, 11) is 0. The van der Waals surface area contributed by atoms with E-state index in [-0.39, 0.29) is 46.6 Å². The van der Waals surface area contributed by atoms with E-state index in [0.29, 0.717) is 24.7 Å². The Kier molecular flexibility index (Phi) is 7.26. The quantitative estimate of drug-likeness (QED) is 0.427. The van der Waals surface area contributed by atoms with Gasteiger partial charge in [0.2, 0.25) is 0 Å². The van der Waals surface area contributed by atoms with Crippen LogP contribution in [0.3, 0.4) is 0 Å². The lowest BCUT2D eigenvalue weighted by Gasteiger charge is -2.65. The molecule has 0 amide bonds. The fourth-order valence-electron chi connectivity index (χ4n) is 9.89. The van der Waals surface area contributed by atoms with Gasteiger partial charge in [-0.1, -0.05) is 34.1 Å². The Bertz CT molecular complexity index is 796. The maximum atomic E-state index is 12.4. The van der Waals surface area contributed by atoms with Crippen molar-refractivity contribution in [3.05, 3.63) is 0 Å². The minimum atomic E-state index is -0.807. The van der Waals surface area contributed by atoms with E-state index in [2.05, 4.69) is 27.7 Å². The highest BCUT2D eigenvalue weighted by atomic mass is 16.6. The van der Waals surface area contributed by atoms with Gasteiger partial charge in [0, 0.05) is 13.3 Å². The van der Waals surface area contributed by atoms with Crippen LogP contribution in [-0.2, 0) is 9.53 Å². The van der Waals surface area contributed by atoms with Crippen molar-refractivity contribution in [3.63, 3.8) is 0 Å². The number of esters is 1.